The molecule has 0 radical (unpaired) electrons. The van der Waals surface area contributed by atoms with Crippen molar-refractivity contribution in [3.05, 3.63) is 41.7 Å². The number of nitrogens with one attached hydrogen (secondary N) is 2. The minimum Gasteiger partial charge on any atom is -0.349 e. The number of halogens is 1. The van der Waals surface area contributed by atoms with Crippen LogP contribution in [-0.2, 0) is 0 Å². The van der Waals surface area contributed by atoms with Gasteiger partial charge in [-0.15, -0.1) is 5.10 Å². The number of amides is 1. The zero-order chi connectivity index (χ0) is 16.4. The predicted octanol–water partition coefficient (Wildman–Crippen LogP) is 1.48. The average Bonchev–Trinajstić information content (AvgIpc) is 2.91. The Labute approximate surface area is 134 Å². The molecule has 0 atom stereocenters. The van der Waals surface area contributed by atoms with E-state index in [2.05, 4.69) is 20.7 Å². The molecular formula is C16H20FN5O. The summed E-state index contributed by atoms with van der Waals surface area (Å²) < 4.78 is 15.0. The summed E-state index contributed by atoms with van der Waals surface area (Å²) >= 11 is 0. The van der Waals surface area contributed by atoms with Gasteiger partial charge in [0.2, 0.25) is 5.82 Å². The van der Waals surface area contributed by atoms with Crippen LogP contribution in [0.2, 0.25) is 0 Å². The maximum atomic E-state index is 13.5. The third-order valence-electron chi connectivity index (χ3n) is 3.82. The van der Waals surface area contributed by atoms with E-state index in [0.717, 1.165) is 13.1 Å². The third kappa shape index (κ3) is 3.39. The van der Waals surface area contributed by atoms with E-state index in [-0.39, 0.29) is 23.5 Å². The topological polar surface area (TPSA) is 71.8 Å². The number of hydrogen-bond donors (Lipinski definition) is 2. The lowest BCUT2D eigenvalue weighted by molar-refractivity contribution is 0.0932. The SMILES string of the molecule is CC(C)c1nc(C(=O)NCC2CNC2)nn1-c1cccc(F)c1. The van der Waals surface area contributed by atoms with Gasteiger partial charge < -0.3 is 10.6 Å². The summed E-state index contributed by atoms with van der Waals surface area (Å²) in [4.78, 5) is 16.6. The van der Waals surface area contributed by atoms with Gasteiger partial charge >= 0.3 is 0 Å². The fraction of sp³-hybridized carbons (Fsp3) is 0.438. The normalized spacial score (nSPS) is 14.8. The standard InChI is InChI=1S/C16H20FN5O/c1-10(2)15-20-14(16(23)19-9-11-7-18-8-11)21-22(15)13-5-3-4-12(17)6-13/h3-6,10-11,18H,7-9H2,1-2H3,(H,19,23). The Kier molecular flexibility index (Phi) is 4.38. The maximum absolute atomic E-state index is 13.5. The molecule has 1 fully saturated rings. The lowest BCUT2D eigenvalue weighted by atomic mass is 10.0. The van der Waals surface area contributed by atoms with Crippen molar-refractivity contribution in [1.82, 2.24) is 25.4 Å². The van der Waals surface area contributed by atoms with Crippen LogP contribution in [0.25, 0.3) is 5.69 Å². The third-order valence-corrected chi connectivity index (χ3v) is 3.82. The van der Waals surface area contributed by atoms with Gasteiger partial charge in [-0.05, 0) is 18.2 Å². The van der Waals surface area contributed by atoms with Gasteiger partial charge in [-0.2, -0.15) is 0 Å². The molecule has 1 aliphatic heterocycles. The van der Waals surface area contributed by atoms with Gasteiger partial charge in [0.1, 0.15) is 11.6 Å². The van der Waals surface area contributed by atoms with Crippen LogP contribution < -0.4 is 10.6 Å². The van der Waals surface area contributed by atoms with Crippen LogP contribution >= 0.6 is 0 Å². The van der Waals surface area contributed by atoms with Crippen molar-refractivity contribution in [2.45, 2.75) is 19.8 Å². The van der Waals surface area contributed by atoms with Crippen LogP contribution in [-0.4, -0.2) is 40.3 Å². The molecule has 2 N–H and O–H groups in total. The van der Waals surface area contributed by atoms with Crippen molar-refractivity contribution in [1.29, 1.82) is 0 Å². The van der Waals surface area contributed by atoms with Crippen molar-refractivity contribution in [2.24, 2.45) is 5.92 Å². The highest BCUT2D eigenvalue weighted by Crippen LogP contribution is 2.18. The minimum atomic E-state index is -0.351. The summed E-state index contributed by atoms with van der Waals surface area (Å²) in [5.74, 6) is 0.624. The van der Waals surface area contributed by atoms with Crippen molar-refractivity contribution in [2.75, 3.05) is 19.6 Å². The van der Waals surface area contributed by atoms with Crippen LogP contribution in [0, 0.1) is 11.7 Å². The Morgan fingerprint density at radius 1 is 1.48 bits per heavy atom. The molecule has 0 saturated carbocycles. The molecule has 2 heterocycles. The second kappa shape index (κ2) is 6.45. The Balaban J connectivity index is 1.84. The first-order valence-corrected chi connectivity index (χ1v) is 7.76. The quantitative estimate of drug-likeness (QED) is 0.876. The van der Waals surface area contributed by atoms with E-state index in [9.17, 15) is 9.18 Å². The molecule has 23 heavy (non-hydrogen) atoms. The number of carbonyl (C=O) groups excluding carboxylic acids is 1. The van der Waals surface area contributed by atoms with Gasteiger partial charge in [-0.3, -0.25) is 4.79 Å². The zero-order valence-electron chi connectivity index (χ0n) is 13.2. The largest absolute Gasteiger partial charge is 0.349 e. The second-order valence-electron chi connectivity index (χ2n) is 6.07. The van der Waals surface area contributed by atoms with Gasteiger partial charge in [0, 0.05) is 31.5 Å². The molecule has 0 aliphatic carbocycles. The Morgan fingerprint density at radius 2 is 2.26 bits per heavy atom. The number of hydrogen-bond acceptors (Lipinski definition) is 4. The van der Waals surface area contributed by atoms with E-state index < -0.39 is 0 Å². The molecule has 2 aromatic rings. The molecule has 1 amide bonds. The van der Waals surface area contributed by atoms with Crippen LogP contribution in [0.1, 0.15) is 36.2 Å². The molecule has 6 nitrogen and oxygen atoms in total. The number of carbonyl (C=O) groups is 1. The highest BCUT2D eigenvalue weighted by Gasteiger charge is 2.22. The molecule has 1 aromatic heterocycles. The van der Waals surface area contributed by atoms with Crippen molar-refractivity contribution >= 4 is 5.91 Å². The van der Waals surface area contributed by atoms with E-state index in [4.69, 9.17) is 0 Å². The molecule has 0 spiro atoms. The Bertz CT molecular complexity index is 708. The van der Waals surface area contributed by atoms with Crippen molar-refractivity contribution in [3.8, 4) is 5.69 Å². The lowest BCUT2D eigenvalue weighted by Crippen LogP contribution is -2.48. The summed E-state index contributed by atoms with van der Waals surface area (Å²) in [5.41, 5.74) is 0.559. The summed E-state index contributed by atoms with van der Waals surface area (Å²) in [5, 5.41) is 10.3. The van der Waals surface area contributed by atoms with Gasteiger partial charge in [-0.1, -0.05) is 19.9 Å². The summed E-state index contributed by atoms with van der Waals surface area (Å²) in [6, 6.07) is 6.10. The van der Waals surface area contributed by atoms with Gasteiger partial charge in [0.05, 0.1) is 5.69 Å². The molecule has 1 aromatic carbocycles. The molecule has 7 heteroatoms. The zero-order valence-corrected chi connectivity index (χ0v) is 13.2. The monoisotopic (exact) mass is 317 g/mol. The number of nitrogens with zero attached hydrogens (tertiary/aromatic N) is 3. The van der Waals surface area contributed by atoms with E-state index in [0.29, 0.717) is 24.0 Å². The first kappa shape index (κ1) is 15.6. The van der Waals surface area contributed by atoms with Crippen LogP contribution in [0.3, 0.4) is 0 Å². The van der Waals surface area contributed by atoms with Crippen LogP contribution in [0.15, 0.2) is 24.3 Å². The fourth-order valence-electron chi connectivity index (χ4n) is 2.40. The van der Waals surface area contributed by atoms with Gasteiger partial charge in [0.15, 0.2) is 0 Å². The highest BCUT2D eigenvalue weighted by molar-refractivity contribution is 5.90. The highest BCUT2D eigenvalue weighted by atomic mass is 19.1. The first-order valence-electron chi connectivity index (χ1n) is 7.76. The molecule has 122 valence electrons. The average molecular weight is 317 g/mol. The van der Waals surface area contributed by atoms with Crippen molar-refractivity contribution < 1.29 is 9.18 Å². The summed E-state index contributed by atoms with van der Waals surface area (Å²) in [6.45, 7) is 6.37. The second-order valence-corrected chi connectivity index (χ2v) is 6.07. The fourth-order valence-corrected chi connectivity index (χ4v) is 2.40. The molecule has 3 rings (SSSR count). The lowest BCUT2D eigenvalue weighted by Gasteiger charge is -2.26. The maximum Gasteiger partial charge on any atom is 0.290 e. The number of rotatable bonds is 5. The molecular weight excluding hydrogens is 297 g/mol. The predicted molar refractivity (Wildman–Crippen MR) is 84.1 cm³/mol. The molecule has 0 bridgehead atoms. The van der Waals surface area contributed by atoms with Gasteiger partial charge in [-0.25, -0.2) is 14.1 Å². The number of aromatic nitrogens is 3. The summed E-state index contributed by atoms with van der Waals surface area (Å²) in [6.07, 6.45) is 0. The molecule has 1 saturated heterocycles. The Morgan fingerprint density at radius 3 is 2.87 bits per heavy atom. The first-order chi connectivity index (χ1) is 11.0. The van der Waals surface area contributed by atoms with E-state index in [1.165, 1.54) is 16.8 Å². The summed E-state index contributed by atoms with van der Waals surface area (Å²) in [7, 11) is 0. The van der Waals surface area contributed by atoms with Crippen molar-refractivity contribution in [3.63, 3.8) is 0 Å². The molecule has 0 unspecified atom stereocenters. The van der Waals surface area contributed by atoms with E-state index >= 15 is 0 Å². The van der Waals surface area contributed by atoms with Gasteiger partial charge in [0.25, 0.3) is 5.91 Å². The van der Waals surface area contributed by atoms with Crippen LogP contribution in [0.5, 0.6) is 0 Å². The van der Waals surface area contributed by atoms with E-state index in [1.54, 1.807) is 12.1 Å². The van der Waals surface area contributed by atoms with Crippen LogP contribution in [0.4, 0.5) is 4.39 Å². The number of benzene rings is 1. The Hall–Kier alpha value is -2.28. The smallest absolute Gasteiger partial charge is 0.290 e. The van der Waals surface area contributed by atoms with E-state index in [1.807, 2.05) is 13.8 Å². The minimum absolute atomic E-state index is 0.0585. The molecule has 1 aliphatic rings.